The quantitative estimate of drug-likeness (QED) is 0.107. The van der Waals surface area contributed by atoms with Crippen LogP contribution in [0.4, 0.5) is 0 Å². The van der Waals surface area contributed by atoms with Crippen LogP contribution in [0.5, 0.6) is 0 Å². The molecule has 0 bridgehead atoms. The SMILES string of the molecule is CC1(C)c2ccc[c-]c2-c2nccc3cc(C4CC[Si](C)(C)CC4)cc1c23.CCC(CC)C(=O)/C=C(\O)C(CC)CC.[Ir]. The van der Waals surface area contributed by atoms with Crippen molar-refractivity contribution in [2.24, 2.45) is 11.8 Å². The van der Waals surface area contributed by atoms with E-state index in [4.69, 9.17) is 4.98 Å². The third-order valence-electron chi connectivity index (χ3n) is 10.2. The van der Waals surface area contributed by atoms with Crippen molar-refractivity contribution in [1.82, 2.24) is 4.98 Å². The van der Waals surface area contributed by atoms with Crippen molar-refractivity contribution in [2.45, 2.75) is 117 Å². The fraction of sp³-hybridized carbons (Fsp3) is 0.526. The Morgan fingerprint density at radius 1 is 1.02 bits per heavy atom. The number of carbonyl (C=O) groups excluding carboxylic acids is 1. The summed E-state index contributed by atoms with van der Waals surface area (Å²) in [5.74, 6) is 1.27. The second kappa shape index (κ2) is 14.8. The zero-order chi connectivity index (χ0) is 30.7. The Bertz CT molecular complexity index is 1430. The molecule has 1 saturated heterocycles. The van der Waals surface area contributed by atoms with Gasteiger partial charge >= 0.3 is 0 Å². The summed E-state index contributed by atoms with van der Waals surface area (Å²) < 4.78 is 0. The second-order valence-corrected chi connectivity index (χ2v) is 19.2. The maximum absolute atomic E-state index is 11.7. The molecule has 5 rings (SSSR count). The van der Waals surface area contributed by atoms with Crippen LogP contribution >= 0.6 is 0 Å². The molecule has 5 heteroatoms. The van der Waals surface area contributed by atoms with E-state index < -0.39 is 8.07 Å². The van der Waals surface area contributed by atoms with Gasteiger partial charge < -0.3 is 10.1 Å². The van der Waals surface area contributed by atoms with Crippen molar-refractivity contribution in [2.75, 3.05) is 0 Å². The Kier molecular flexibility index (Phi) is 12.2. The number of nitrogens with zero attached hydrogens (tertiary/aromatic N) is 1. The smallest absolute Gasteiger partial charge is 0.162 e. The molecule has 1 aliphatic heterocycles. The molecule has 3 aromatic rings. The predicted octanol–water partition coefficient (Wildman–Crippen LogP) is 10.8. The van der Waals surface area contributed by atoms with E-state index in [0.717, 1.165) is 37.3 Å². The van der Waals surface area contributed by atoms with E-state index in [9.17, 15) is 9.90 Å². The number of hydrogen-bond donors (Lipinski definition) is 1. The molecule has 1 radical (unpaired) electrons. The molecule has 0 spiro atoms. The van der Waals surface area contributed by atoms with Gasteiger partial charge in [-0.3, -0.25) is 4.79 Å². The van der Waals surface area contributed by atoms with Crippen LogP contribution in [-0.2, 0) is 30.3 Å². The third kappa shape index (κ3) is 7.60. The Hall–Kier alpha value is -2.07. The Labute approximate surface area is 275 Å². The molecule has 43 heavy (non-hydrogen) atoms. The molecule has 2 aliphatic rings. The molecule has 0 atom stereocenters. The number of pyridine rings is 1. The molecule has 1 N–H and O–H groups in total. The third-order valence-corrected chi connectivity index (χ3v) is 13.5. The van der Waals surface area contributed by atoms with Gasteiger partial charge in [0, 0.05) is 52.3 Å². The van der Waals surface area contributed by atoms with Gasteiger partial charge in [-0.2, -0.15) is 0 Å². The minimum absolute atomic E-state index is 0. The number of hydrogen-bond acceptors (Lipinski definition) is 3. The van der Waals surface area contributed by atoms with Crippen LogP contribution in [0.2, 0.25) is 25.2 Å². The molecular formula is C38H52IrNO2Si-. The van der Waals surface area contributed by atoms with Gasteiger partial charge in [0.1, 0.15) is 0 Å². The van der Waals surface area contributed by atoms with Gasteiger partial charge in [0.2, 0.25) is 0 Å². The number of fused-ring (bicyclic) bond motifs is 2. The van der Waals surface area contributed by atoms with E-state index in [1.165, 1.54) is 58.5 Å². The maximum atomic E-state index is 11.7. The van der Waals surface area contributed by atoms with E-state index in [-0.39, 0.29) is 48.9 Å². The zero-order valence-electron chi connectivity index (χ0n) is 27.6. The van der Waals surface area contributed by atoms with Crippen LogP contribution < -0.4 is 0 Å². The molecule has 2 aromatic carbocycles. The molecule has 0 amide bonds. The minimum Gasteiger partial charge on any atom is -0.512 e. The van der Waals surface area contributed by atoms with Crippen LogP contribution in [-0.4, -0.2) is 23.9 Å². The van der Waals surface area contributed by atoms with Gasteiger partial charge in [-0.15, -0.1) is 35.4 Å². The van der Waals surface area contributed by atoms with Crippen molar-refractivity contribution < 1.29 is 30.0 Å². The van der Waals surface area contributed by atoms with Crippen molar-refractivity contribution in [3.8, 4) is 11.3 Å². The van der Waals surface area contributed by atoms with Gasteiger partial charge in [-0.05, 0) is 83.5 Å². The van der Waals surface area contributed by atoms with E-state index in [2.05, 4.69) is 63.3 Å². The summed E-state index contributed by atoms with van der Waals surface area (Å²) in [5.41, 5.74) is 6.63. The summed E-state index contributed by atoms with van der Waals surface area (Å²) >= 11 is 0. The minimum atomic E-state index is -0.928. The van der Waals surface area contributed by atoms with Crippen LogP contribution in [0, 0.1) is 17.9 Å². The summed E-state index contributed by atoms with van der Waals surface area (Å²) in [6.45, 7) is 17.9. The number of benzene rings is 2. The number of allylic oxidation sites excluding steroid dienone is 2. The zero-order valence-corrected chi connectivity index (χ0v) is 31.0. The molecule has 1 aliphatic carbocycles. The summed E-state index contributed by atoms with van der Waals surface area (Å²) in [7, 11) is -0.928. The van der Waals surface area contributed by atoms with Gasteiger partial charge in [0.05, 0.1) is 5.76 Å². The van der Waals surface area contributed by atoms with Crippen LogP contribution in [0.3, 0.4) is 0 Å². The fourth-order valence-electron chi connectivity index (χ4n) is 7.07. The first-order valence-electron chi connectivity index (χ1n) is 16.4. The van der Waals surface area contributed by atoms with E-state index in [1.807, 2.05) is 40.0 Å². The number of aliphatic hydroxyl groups excluding tert-OH is 1. The maximum Gasteiger partial charge on any atom is 0.162 e. The summed E-state index contributed by atoms with van der Waals surface area (Å²) in [4.78, 5) is 16.5. The summed E-state index contributed by atoms with van der Waals surface area (Å²) in [6.07, 6.45) is 9.62. The first kappa shape index (κ1) is 35.4. The van der Waals surface area contributed by atoms with E-state index in [0.29, 0.717) is 0 Å². The van der Waals surface area contributed by atoms with Crippen molar-refractivity contribution in [3.05, 3.63) is 77.2 Å². The molecular weight excluding hydrogens is 723 g/mol. The normalized spacial score (nSPS) is 17.2. The average Bonchev–Trinajstić information content (AvgIpc) is 2.97. The summed E-state index contributed by atoms with van der Waals surface area (Å²) in [5, 5.41) is 12.5. The molecule has 1 aromatic heterocycles. The van der Waals surface area contributed by atoms with Gasteiger partial charge in [-0.25, -0.2) is 0 Å². The molecule has 235 valence electrons. The molecule has 3 nitrogen and oxygen atoms in total. The van der Waals surface area contributed by atoms with Gasteiger partial charge in [-0.1, -0.05) is 78.9 Å². The van der Waals surface area contributed by atoms with Gasteiger partial charge in [0.25, 0.3) is 0 Å². The molecule has 2 heterocycles. The monoisotopic (exact) mass is 775 g/mol. The largest absolute Gasteiger partial charge is 0.512 e. The number of carbonyl (C=O) groups is 1. The van der Waals surface area contributed by atoms with Crippen LogP contribution in [0.25, 0.3) is 22.0 Å². The van der Waals surface area contributed by atoms with Crippen LogP contribution in [0.15, 0.2) is 54.4 Å². The number of aliphatic hydroxyl groups is 1. The molecule has 0 unspecified atom stereocenters. The average molecular weight is 775 g/mol. The first-order chi connectivity index (χ1) is 20.0. The van der Waals surface area contributed by atoms with Gasteiger partial charge in [0.15, 0.2) is 5.78 Å². The first-order valence-corrected chi connectivity index (χ1v) is 19.8. The Morgan fingerprint density at radius 2 is 1.65 bits per heavy atom. The fourth-order valence-corrected chi connectivity index (χ4v) is 9.58. The van der Waals surface area contributed by atoms with E-state index >= 15 is 0 Å². The van der Waals surface area contributed by atoms with Crippen molar-refractivity contribution in [1.29, 1.82) is 0 Å². The Balaban J connectivity index is 0.000000274. The molecule has 0 saturated carbocycles. The van der Waals surface area contributed by atoms with Crippen molar-refractivity contribution in [3.63, 3.8) is 0 Å². The van der Waals surface area contributed by atoms with E-state index in [1.54, 1.807) is 5.56 Å². The number of aromatic nitrogens is 1. The second-order valence-electron chi connectivity index (χ2n) is 13.8. The Morgan fingerprint density at radius 3 is 2.26 bits per heavy atom. The standard InChI is InChI=1S/C25H28NSi.C13H24O2.Ir/c1-25(2)21-8-6-5-7-20(21)24-23-18(9-12-26-24)15-19(16-22(23)25)17-10-13-27(3,4)14-11-17;1-5-10(6-2)12(14)9-13(15)11(7-3)8-4;/h5-6,8-9,12,15-17H,10-11,13-14H2,1-4H3;9-11,14H,5-8H2,1-4H3;/q-1;;/b;12-9-;. The van der Waals surface area contributed by atoms with Crippen molar-refractivity contribution >= 4 is 24.6 Å². The summed E-state index contributed by atoms with van der Waals surface area (Å²) in [6, 6.07) is 20.0. The van der Waals surface area contributed by atoms with Crippen LogP contribution in [0.1, 0.15) is 103 Å². The topological polar surface area (TPSA) is 50.2 Å². The predicted molar refractivity (Wildman–Crippen MR) is 181 cm³/mol. The molecule has 1 fully saturated rings. The number of ketones is 1. The number of rotatable bonds is 8.